The molecule has 0 radical (unpaired) electrons. The second-order valence-corrected chi connectivity index (χ2v) is 11.1. The number of allylic oxidation sites excluding steroid dienone is 1. The van der Waals surface area contributed by atoms with E-state index in [0.29, 0.717) is 18.3 Å². The number of hydrogen-bond acceptors (Lipinski definition) is 3. The van der Waals surface area contributed by atoms with E-state index in [-0.39, 0.29) is 23.4 Å². The largest absolute Gasteiger partial charge is 0.462 e. The Morgan fingerprint density at radius 1 is 1.13 bits per heavy atom. The quantitative estimate of drug-likeness (QED) is 0.446. The Morgan fingerprint density at radius 3 is 2.47 bits per heavy atom. The van der Waals surface area contributed by atoms with E-state index in [9.17, 15) is 23.1 Å². The van der Waals surface area contributed by atoms with E-state index in [0.717, 1.165) is 51.9 Å². The van der Waals surface area contributed by atoms with Crippen LogP contribution in [0.5, 0.6) is 0 Å². The summed E-state index contributed by atoms with van der Waals surface area (Å²) in [4.78, 5) is 11.4. The lowest BCUT2D eigenvalue weighted by Crippen LogP contribution is -2.56. The van der Waals surface area contributed by atoms with Gasteiger partial charge in [-0.15, -0.1) is 0 Å². The first-order valence-electron chi connectivity index (χ1n) is 11.5. The fourth-order valence-corrected chi connectivity index (χ4v) is 8.08. The molecule has 4 rings (SSSR count). The second kappa shape index (κ2) is 6.98. The highest BCUT2D eigenvalue weighted by Crippen LogP contribution is 2.68. The molecule has 4 aliphatic rings. The summed E-state index contributed by atoms with van der Waals surface area (Å²) in [5.74, 6) is 0.0741. The number of halogens is 3. The summed E-state index contributed by atoms with van der Waals surface area (Å²) in [5.41, 5.74) is -1.69. The molecule has 6 heteroatoms. The maximum Gasteiger partial charge on any atom is 0.417 e. The van der Waals surface area contributed by atoms with Gasteiger partial charge in [-0.1, -0.05) is 25.5 Å². The third-order valence-electron chi connectivity index (χ3n) is 9.64. The van der Waals surface area contributed by atoms with Gasteiger partial charge in [0.25, 0.3) is 0 Å². The van der Waals surface area contributed by atoms with E-state index >= 15 is 0 Å². The molecule has 170 valence electrons. The van der Waals surface area contributed by atoms with Crippen LogP contribution in [0.25, 0.3) is 0 Å². The van der Waals surface area contributed by atoms with Crippen LogP contribution in [-0.4, -0.2) is 29.0 Å². The predicted molar refractivity (Wildman–Crippen MR) is 107 cm³/mol. The van der Waals surface area contributed by atoms with Crippen LogP contribution in [-0.2, 0) is 9.53 Å². The molecule has 0 spiro atoms. The molecule has 1 N–H and O–H groups in total. The minimum absolute atomic E-state index is 0.0472. The first-order chi connectivity index (χ1) is 13.8. The van der Waals surface area contributed by atoms with Crippen LogP contribution < -0.4 is 0 Å². The lowest BCUT2D eigenvalue weighted by molar-refractivity contribution is -0.285. The van der Waals surface area contributed by atoms with Gasteiger partial charge in [0.1, 0.15) is 6.10 Å². The summed E-state index contributed by atoms with van der Waals surface area (Å²) in [6.07, 6.45) is 4.00. The monoisotopic (exact) mass is 428 g/mol. The third-order valence-corrected chi connectivity index (χ3v) is 9.64. The van der Waals surface area contributed by atoms with Crippen molar-refractivity contribution in [1.29, 1.82) is 0 Å². The Kier molecular flexibility index (Phi) is 5.16. The van der Waals surface area contributed by atoms with Crippen molar-refractivity contribution < 1.29 is 27.8 Å². The Balaban J connectivity index is 1.59. The van der Waals surface area contributed by atoms with E-state index in [1.165, 1.54) is 12.5 Å². The van der Waals surface area contributed by atoms with Crippen LogP contribution >= 0.6 is 0 Å². The van der Waals surface area contributed by atoms with Crippen molar-refractivity contribution in [3.05, 3.63) is 11.6 Å². The minimum Gasteiger partial charge on any atom is -0.462 e. The topological polar surface area (TPSA) is 46.5 Å². The molecule has 0 aromatic heterocycles. The zero-order valence-electron chi connectivity index (χ0n) is 18.5. The van der Waals surface area contributed by atoms with Crippen LogP contribution in [0, 0.1) is 34.5 Å². The lowest BCUT2D eigenvalue weighted by Gasteiger charge is -2.59. The molecule has 0 saturated heterocycles. The number of fused-ring (bicyclic) bond motifs is 5. The van der Waals surface area contributed by atoms with E-state index in [4.69, 9.17) is 4.74 Å². The molecule has 0 aliphatic heterocycles. The van der Waals surface area contributed by atoms with Gasteiger partial charge in [-0.3, -0.25) is 4.79 Å². The maximum atomic E-state index is 13.7. The molecular formula is C24H35F3O3. The number of ether oxygens (including phenoxy) is 1. The predicted octanol–water partition coefficient (Wildman–Crippen LogP) is 5.81. The van der Waals surface area contributed by atoms with Crippen molar-refractivity contribution in [3.63, 3.8) is 0 Å². The first kappa shape index (κ1) is 22.2. The minimum atomic E-state index is -4.60. The zero-order chi connectivity index (χ0) is 22.1. The van der Waals surface area contributed by atoms with Crippen LogP contribution in [0.4, 0.5) is 13.2 Å². The summed E-state index contributed by atoms with van der Waals surface area (Å²) in [6.45, 7) is 6.76. The smallest absolute Gasteiger partial charge is 0.417 e. The Hall–Kier alpha value is -1.04. The highest BCUT2D eigenvalue weighted by atomic mass is 19.4. The molecule has 3 saturated carbocycles. The summed E-state index contributed by atoms with van der Waals surface area (Å²) < 4.78 is 46.5. The zero-order valence-corrected chi connectivity index (χ0v) is 18.5. The normalized spacial score (nSPS) is 45.5. The number of hydrogen-bond donors (Lipinski definition) is 1. The number of carbonyl (C=O) groups excluding carboxylic acids is 1. The van der Waals surface area contributed by atoms with E-state index < -0.39 is 23.1 Å². The number of alkyl halides is 3. The average Bonchev–Trinajstić information content (AvgIpc) is 2.98. The van der Waals surface area contributed by atoms with E-state index in [1.54, 1.807) is 0 Å². The van der Waals surface area contributed by atoms with Gasteiger partial charge >= 0.3 is 12.1 Å². The van der Waals surface area contributed by atoms with Crippen molar-refractivity contribution in [2.24, 2.45) is 34.5 Å². The summed E-state index contributed by atoms with van der Waals surface area (Å²) in [7, 11) is 0. The van der Waals surface area contributed by atoms with Crippen molar-refractivity contribution in [2.75, 3.05) is 0 Å². The lowest BCUT2D eigenvalue weighted by atomic mass is 9.46. The number of carbonyl (C=O) groups is 1. The fraction of sp³-hybridized carbons (Fsp3) is 0.875. The molecular weight excluding hydrogens is 393 g/mol. The Morgan fingerprint density at radius 2 is 1.83 bits per heavy atom. The SMILES string of the molecule is CC(=O)O[C@H]1CC[C@@]2(C)C(=CC[C@H]3[C@@H]4CC[C@H](C(C)(O)C(F)(F)F)[C@@]4(C)CC[C@@H]32)C1. The highest BCUT2D eigenvalue weighted by Gasteiger charge is 2.66. The summed E-state index contributed by atoms with van der Waals surface area (Å²) in [6, 6.07) is 0. The number of esters is 1. The van der Waals surface area contributed by atoms with Gasteiger partial charge in [-0.2, -0.15) is 13.2 Å². The molecule has 1 unspecified atom stereocenters. The van der Waals surface area contributed by atoms with Gasteiger partial charge in [-0.25, -0.2) is 0 Å². The Labute approximate surface area is 177 Å². The Bertz CT molecular complexity index is 742. The molecule has 4 aliphatic carbocycles. The number of aliphatic hydroxyl groups is 1. The molecule has 0 aromatic rings. The van der Waals surface area contributed by atoms with Gasteiger partial charge in [0.05, 0.1) is 0 Å². The number of rotatable bonds is 2. The molecule has 30 heavy (non-hydrogen) atoms. The van der Waals surface area contributed by atoms with E-state index in [1.807, 2.05) is 6.92 Å². The molecule has 0 heterocycles. The maximum absolute atomic E-state index is 13.7. The van der Waals surface area contributed by atoms with Crippen molar-refractivity contribution >= 4 is 5.97 Å². The molecule has 8 atom stereocenters. The van der Waals surface area contributed by atoms with Crippen LogP contribution in [0.1, 0.15) is 79.1 Å². The summed E-state index contributed by atoms with van der Waals surface area (Å²) in [5, 5.41) is 10.5. The van der Waals surface area contributed by atoms with Gasteiger partial charge in [0.2, 0.25) is 0 Å². The fourth-order valence-electron chi connectivity index (χ4n) is 8.08. The molecule has 3 fully saturated rings. The highest BCUT2D eigenvalue weighted by molar-refractivity contribution is 5.66. The molecule has 0 bridgehead atoms. The van der Waals surface area contributed by atoms with Crippen LogP contribution in [0.15, 0.2) is 11.6 Å². The van der Waals surface area contributed by atoms with Gasteiger partial charge < -0.3 is 9.84 Å². The third kappa shape index (κ3) is 3.15. The van der Waals surface area contributed by atoms with Crippen LogP contribution in [0.2, 0.25) is 0 Å². The van der Waals surface area contributed by atoms with Gasteiger partial charge in [-0.05, 0) is 80.5 Å². The van der Waals surface area contributed by atoms with Crippen molar-refractivity contribution in [1.82, 2.24) is 0 Å². The second-order valence-electron chi connectivity index (χ2n) is 11.1. The van der Waals surface area contributed by atoms with Gasteiger partial charge in [0, 0.05) is 19.3 Å². The van der Waals surface area contributed by atoms with Crippen molar-refractivity contribution in [2.45, 2.75) is 96.9 Å². The van der Waals surface area contributed by atoms with Gasteiger partial charge in [0.15, 0.2) is 5.60 Å². The standard InChI is InChI=1S/C24H35F3O3/c1-14(28)30-16-9-11-21(2)15(13-16)5-6-17-18-7-8-20(23(4,29)24(25,26)27)22(18,3)12-10-19(17)21/h5,16-20,29H,6-13H2,1-4H3/t16-,17-,18-,19-,20-,21-,22-,23?/m0/s1. The summed E-state index contributed by atoms with van der Waals surface area (Å²) >= 11 is 0. The van der Waals surface area contributed by atoms with Crippen molar-refractivity contribution in [3.8, 4) is 0 Å². The molecule has 0 amide bonds. The first-order valence-corrected chi connectivity index (χ1v) is 11.5. The van der Waals surface area contributed by atoms with E-state index in [2.05, 4.69) is 13.0 Å². The molecule has 0 aromatic carbocycles. The molecule has 3 nitrogen and oxygen atoms in total. The van der Waals surface area contributed by atoms with Crippen LogP contribution in [0.3, 0.4) is 0 Å². The average molecular weight is 429 g/mol.